The van der Waals surface area contributed by atoms with Gasteiger partial charge in [0.25, 0.3) is 0 Å². The minimum Gasteiger partial charge on any atom is -0.375 e. The van der Waals surface area contributed by atoms with Crippen LogP contribution in [0.1, 0.15) is 49.9 Å². The molecule has 0 radical (unpaired) electrons. The number of hydrogen-bond donors (Lipinski definition) is 1. The largest absolute Gasteiger partial charge is 0.375 e. The monoisotopic (exact) mass is 381 g/mol. The number of nitrogens with zero attached hydrogens (tertiary/aromatic N) is 4. The first-order valence-electron chi connectivity index (χ1n) is 9.68. The average molecular weight is 382 g/mol. The summed E-state index contributed by atoms with van der Waals surface area (Å²) in [5, 5.41) is 6.65. The predicted molar refractivity (Wildman–Crippen MR) is 110 cm³/mol. The lowest BCUT2D eigenvalue weighted by atomic mass is 9.93. The van der Waals surface area contributed by atoms with Crippen LogP contribution in [-0.4, -0.2) is 68.1 Å². The Kier molecular flexibility index (Phi) is 8.81. The van der Waals surface area contributed by atoms with E-state index in [-0.39, 0.29) is 6.10 Å². The molecule has 1 aliphatic rings. The molecule has 0 saturated carbocycles. The highest BCUT2D eigenvalue weighted by Gasteiger charge is 2.18. The van der Waals surface area contributed by atoms with Gasteiger partial charge in [0, 0.05) is 33.1 Å². The van der Waals surface area contributed by atoms with E-state index in [0.29, 0.717) is 0 Å². The van der Waals surface area contributed by atoms with E-state index in [4.69, 9.17) is 4.74 Å². The second-order valence-electron chi connectivity index (χ2n) is 7.05. The van der Waals surface area contributed by atoms with Crippen LogP contribution in [0.2, 0.25) is 0 Å². The summed E-state index contributed by atoms with van der Waals surface area (Å²) in [5.41, 5.74) is 1.06. The standard InChI is InChI=1S/C19H35N5OS/c1-6-24-11-8-16(9-12-24)7-10-21-19(20-3)23(4)13-17-14-26-18(22-17)15(2)25-5/h14-16H,6-13H2,1-5H3,(H,20,21). The first kappa shape index (κ1) is 21.1. The fraction of sp³-hybridized carbons (Fsp3) is 0.789. The predicted octanol–water partition coefficient (Wildman–Crippen LogP) is 2.98. The van der Waals surface area contributed by atoms with Gasteiger partial charge < -0.3 is 19.9 Å². The lowest BCUT2D eigenvalue weighted by molar-refractivity contribution is 0.119. The Morgan fingerprint density at radius 3 is 2.85 bits per heavy atom. The maximum atomic E-state index is 5.34. The molecule has 0 aliphatic carbocycles. The van der Waals surface area contributed by atoms with Crippen LogP contribution in [0.4, 0.5) is 0 Å². The Hall–Kier alpha value is -1.18. The Bertz CT molecular complexity index is 554. The second kappa shape index (κ2) is 10.8. The maximum absolute atomic E-state index is 5.34. The van der Waals surface area contributed by atoms with E-state index in [9.17, 15) is 0 Å². The highest BCUT2D eigenvalue weighted by atomic mass is 32.1. The van der Waals surface area contributed by atoms with E-state index in [1.165, 1.54) is 38.9 Å². The SMILES string of the molecule is CCN1CCC(CCNC(=NC)N(C)Cc2csc(C(C)OC)n2)CC1. The van der Waals surface area contributed by atoms with Crippen molar-refractivity contribution in [1.29, 1.82) is 0 Å². The fourth-order valence-corrected chi connectivity index (χ4v) is 4.21. The Labute approximate surface area is 162 Å². The first-order valence-corrected chi connectivity index (χ1v) is 10.6. The van der Waals surface area contributed by atoms with Gasteiger partial charge in [0.15, 0.2) is 5.96 Å². The molecule has 1 aromatic rings. The van der Waals surface area contributed by atoms with Crippen molar-refractivity contribution < 1.29 is 4.74 Å². The minimum absolute atomic E-state index is 0.0515. The molecular weight excluding hydrogens is 346 g/mol. The highest BCUT2D eigenvalue weighted by molar-refractivity contribution is 7.09. The molecule has 1 unspecified atom stereocenters. The fourth-order valence-electron chi connectivity index (χ4n) is 3.36. The summed E-state index contributed by atoms with van der Waals surface area (Å²) in [7, 11) is 5.63. The van der Waals surface area contributed by atoms with Crippen LogP contribution in [0.15, 0.2) is 10.4 Å². The maximum Gasteiger partial charge on any atom is 0.193 e. The lowest BCUT2D eigenvalue weighted by Crippen LogP contribution is -2.40. The molecule has 1 fully saturated rings. The summed E-state index contributed by atoms with van der Waals surface area (Å²) < 4.78 is 5.34. The van der Waals surface area contributed by atoms with Gasteiger partial charge in [-0.3, -0.25) is 4.99 Å². The van der Waals surface area contributed by atoms with E-state index in [2.05, 4.69) is 44.4 Å². The van der Waals surface area contributed by atoms with E-state index >= 15 is 0 Å². The third-order valence-electron chi connectivity index (χ3n) is 5.23. The van der Waals surface area contributed by atoms with Gasteiger partial charge in [-0.1, -0.05) is 6.92 Å². The molecule has 148 valence electrons. The third-order valence-corrected chi connectivity index (χ3v) is 6.29. The quantitative estimate of drug-likeness (QED) is 0.554. The number of ether oxygens (including phenoxy) is 1. The van der Waals surface area contributed by atoms with Crippen molar-refractivity contribution in [2.24, 2.45) is 10.9 Å². The zero-order valence-corrected chi connectivity index (χ0v) is 17.8. The van der Waals surface area contributed by atoms with Gasteiger partial charge in [-0.05, 0) is 51.7 Å². The van der Waals surface area contributed by atoms with E-state index in [1.54, 1.807) is 18.4 Å². The number of aliphatic imine (C=N–C) groups is 1. The van der Waals surface area contributed by atoms with Crippen LogP contribution in [-0.2, 0) is 11.3 Å². The van der Waals surface area contributed by atoms with Crippen molar-refractivity contribution in [3.63, 3.8) is 0 Å². The average Bonchev–Trinajstić information content (AvgIpc) is 3.13. The molecule has 0 bridgehead atoms. The molecule has 1 aliphatic heterocycles. The molecule has 1 N–H and O–H groups in total. The second-order valence-corrected chi connectivity index (χ2v) is 7.94. The number of likely N-dealkylation sites (tertiary alicyclic amines) is 1. The molecule has 1 saturated heterocycles. The zero-order valence-electron chi connectivity index (χ0n) is 17.0. The van der Waals surface area contributed by atoms with Gasteiger partial charge in [-0.2, -0.15) is 0 Å². The van der Waals surface area contributed by atoms with Crippen LogP contribution >= 0.6 is 11.3 Å². The number of methoxy groups -OCH3 is 1. The van der Waals surface area contributed by atoms with Gasteiger partial charge >= 0.3 is 0 Å². The number of hydrogen-bond acceptors (Lipinski definition) is 5. The molecular formula is C19H35N5OS. The van der Waals surface area contributed by atoms with Crippen molar-refractivity contribution in [3.05, 3.63) is 16.1 Å². The van der Waals surface area contributed by atoms with Crippen LogP contribution < -0.4 is 5.32 Å². The van der Waals surface area contributed by atoms with Crippen LogP contribution in [0.5, 0.6) is 0 Å². The van der Waals surface area contributed by atoms with Gasteiger partial charge in [0.1, 0.15) is 11.1 Å². The summed E-state index contributed by atoms with van der Waals surface area (Å²) in [6.07, 6.45) is 3.92. The van der Waals surface area contributed by atoms with Crippen LogP contribution in [0.25, 0.3) is 0 Å². The number of nitrogens with one attached hydrogen (secondary N) is 1. The van der Waals surface area contributed by atoms with Crippen molar-refractivity contribution in [1.82, 2.24) is 20.1 Å². The van der Waals surface area contributed by atoms with E-state index in [0.717, 1.165) is 35.7 Å². The summed E-state index contributed by atoms with van der Waals surface area (Å²) in [6, 6.07) is 0. The molecule has 1 aromatic heterocycles. The van der Waals surface area contributed by atoms with Gasteiger partial charge in [-0.25, -0.2) is 4.98 Å². The van der Waals surface area contributed by atoms with Crippen LogP contribution in [0.3, 0.4) is 0 Å². The van der Waals surface area contributed by atoms with Crippen molar-refractivity contribution in [3.8, 4) is 0 Å². The molecule has 1 atom stereocenters. The van der Waals surface area contributed by atoms with Crippen molar-refractivity contribution in [2.75, 3.05) is 47.4 Å². The highest BCUT2D eigenvalue weighted by Crippen LogP contribution is 2.21. The number of aromatic nitrogens is 1. The molecule has 26 heavy (non-hydrogen) atoms. The van der Waals surface area contributed by atoms with E-state index in [1.807, 2.05) is 14.0 Å². The van der Waals surface area contributed by atoms with Gasteiger partial charge in [0.2, 0.25) is 0 Å². The van der Waals surface area contributed by atoms with E-state index < -0.39 is 0 Å². The normalized spacial score (nSPS) is 18.1. The Morgan fingerprint density at radius 2 is 2.23 bits per heavy atom. The molecule has 6 nitrogen and oxygen atoms in total. The molecule has 2 heterocycles. The summed E-state index contributed by atoms with van der Waals surface area (Å²) in [5.74, 6) is 1.77. The smallest absolute Gasteiger partial charge is 0.193 e. The van der Waals surface area contributed by atoms with Gasteiger partial charge in [-0.15, -0.1) is 11.3 Å². The first-order chi connectivity index (χ1) is 12.6. The summed E-state index contributed by atoms with van der Waals surface area (Å²) >= 11 is 1.66. The van der Waals surface area contributed by atoms with Crippen molar-refractivity contribution >= 4 is 17.3 Å². The molecule has 0 spiro atoms. The van der Waals surface area contributed by atoms with Crippen LogP contribution in [0, 0.1) is 5.92 Å². The lowest BCUT2D eigenvalue weighted by Gasteiger charge is -2.31. The zero-order chi connectivity index (χ0) is 18.9. The Morgan fingerprint density at radius 1 is 1.50 bits per heavy atom. The Balaban J connectivity index is 1.74. The topological polar surface area (TPSA) is 53.0 Å². The summed E-state index contributed by atoms with van der Waals surface area (Å²) in [6.45, 7) is 9.70. The van der Waals surface area contributed by atoms with Gasteiger partial charge in [0.05, 0.1) is 12.2 Å². The minimum atomic E-state index is 0.0515. The number of guanidine groups is 1. The molecule has 0 aromatic carbocycles. The summed E-state index contributed by atoms with van der Waals surface area (Å²) in [4.78, 5) is 13.8. The number of thiazole rings is 1. The van der Waals surface area contributed by atoms with Crippen molar-refractivity contribution in [2.45, 2.75) is 45.8 Å². The number of piperidine rings is 1. The molecule has 2 rings (SSSR count). The molecule has 7 heteroatoms. The third kappa shape index (κ3) is 6.21. The number of rotatable bonds is 8. The molecule has 0 amide bonds.